The van der Waals surface area contributed by atoms with Crippen LogP contribution < -0.4 is 5.73 Å². The molecule has 2 heterocycles. The summed E-state index contributed by atoms with van der Waals surface area (Å²) in [5.74, 6) is -0.638. The zero-order chi connectivity index (χ0) is 17.3. The van der Waals surface area contributed by atoms with Crippen molar-refractivity contribution in [3.63, 3.8) is 0 Å². The second kappa shape index (κ2) is 6.22. The lowest BCUT2D eigenvalue weighted by Crippen LogP contribution is -2.43. The van der Waals surface area contributed by atoms with Gasteiger partial charge in [-0.25, -0.2) is 4.68 Å². The van der Waals surface area contributed by atoms with E-state index in [4.69, 9.17) is 5.73 Å². The highest BCUT2D eigenvalue weighted by atomic mass is 16.2. The van der Waals surface area contributed by atoms with Crippen LogP contribution in [0.1, 0.15) is 32.7 Å². The molecule has 24 heavy (non-hydrogen) atoms. The molecule has 0 unspecified atom stereocenters. The van der Waals surface area contributed by atoms with E-state index in [1.807, 2.05) is 28.9 Å². The van der Waals surface area contributed by atoms with Gasteiger partial charge in [0.2, 0.25) is 11.8 Å². The Morgan fingerprint density at radius 1 is 1.25 bits per heavy atom. The topological polar surface area (TPSA) is 94.1 Å². The van der Waals surface area contributed by atoms with Crippen LogP contribution in [0.2, 0.25) is 0 Å². The second-order valence-corrected chi connectivity index (χ2v) is 6.81. The van der Waals surface area contributed by atoms with E-state index in [9.17, 15) is 9.59 Å². The third-order valence-electron chi connectivity index (χ3n) is 4.62. The Labute approximate surface area is 140 Å². The van der Waals surface area contributed by atoms with E-state index in [2.05, 4.69) is 10.3 Å². The number of fused-ring (bicyclic) bond motifs is 1. The molecule has 2 amide bonds. The average Bonchev–Trinajstić information content (AvgIpc) is 2.98. The van der Waals surface area contributed by atoms with Crippen molar-refractivity contribution in [3.8, 4) is 0 Å². The molecule has 7 heteroatoms. The molecule has 1 fully saturated rings. The number of para-hydroxylation sites is 1. The number of benzene rings is 1. The van der Waals surface area contributed by atoms with Crippen molar-refractivity contribution in [2.45, 2.75) is 32.7 Å². The molecular formula is C17H22N5O2. The Balaban J connectivity index is 1.64. The highest BCUT2D eigenvalue weighted by molar-refractivity contribution is 5.94. The van der Waals surface area contributed by atoms with Gasteiger partial charge in [0, 0.05) is 13.1 Å². The summed E-state index contributed by atoms with van der Waals surface area (Å²) in [5.41, 5.74) is 6.29. The highest BCUT2D eigenvalue weighted by Crippen LogP contribution is 2.27. The highest BCUT2D eigenvalue weighted by Gasteiger charge is 2.33. The third-order valence-corrected chi connectivity index (χ3v) is 4.62. The number of likely N-dealkylation sites (tertiary alicyclic amines) is 1. The van der Waals surface area contributed by atoms with Crippen molar-refractivity contribution >= 4 is 22.8 Å². The Morgan fingerprint density at radius 3 is 2.58 bits per heavy atom. The molecule has 1 aromatic heterocycles. The Bertz CT molecular complexity index is 759. The summed E-state index contributed by atoms with van der Waals surface area (Å²) >= 11 is 0. The maximum atomic E-state index is 12.4. The number of nitrogens with two attached hydrogens (primary N) is 1. The zero-order valence-electron chi connectivity index (χ0n) is 14.0. The van der Waals surface area contributed by atoms with Crippen LogP contribution in [-0.4, -0.2) is 44.8 Å². The molecule has 127 valence electrons. The molecule has 7 nitrogen and oxygen atoms in total. The molecule has 0 atom stereocenters. The molecule has 1 aliphatic rings. The molecule has 1 aromatic carbocycles. The summed E-state index contributed by atoms with van der Waals surface area (Å²) < 4.78 is 1.95. The Kier molecular flexibility index (Phi) is 4.26. The normalized spacial score (nSPS) is 16.5. The third kappa shape index (κ3) is 3.11. The number of piperidine rings is 1. The summed E-state index contributed by atoms with van der Waals surface area (Å²) in [5, 5.41) is 8.46. The number of carbonyl (C=O) groups is 2. The fraction of sp³-hybridized carbons (Fsp3) is 0.471. The van der Waals surface area contributed by atoms with Crippen LogP contribution in [0.4, 0.5) is 0 Å². The lowest BCUT2D eigenvalue weighted by molar-refractivity contribution is -0.134. The summed E-state index contributed by atoms with van der Waals surface area (Å²) in [6.07, 6.45) is 3.04. The molecule has 0 saturated carbocycles. The van der Waals surface area contributed by atoms with Crippen LogP contribution in [0.25, 0.3) is 11.0 Å². The lowest BCUT2D eigenvalue weighted by Gasteiger charge is -2.33. The number of amides is 2. The van der Waals surface area contributed by atoms with E-state index in [-0.39, 0.29) is 11.9 Å². The smallest absolute Gasteiger partial charge is 0.227 e. The van der Waals surface area contributed by atoms with Gasteiger partial charge in [-0.15, -0.1) is 5.10 Å². The minimum atomic E-state index is -0.934. The molecule has 0 bridgehead atoms. The van der Waals surface area contributed by atoms with Gasteiger partial charge < -0.3 is 10.6 Å². The molecule has 0 spiro atoms. The fourth-order valence-corrected chi connectivity index (χ4v) is 2.96. The van der Waals surface area contributed by atoms with E-state index in [1.165, 1.54) is 6.42 Å². The number of nitrogens with zero attached hydrogens (tertiary/aromatic N) is 4. The van der Waals surface area contributed by atoms with Gasteiger partial charge in [0.05, 0.1) is 23.4 Å². The van der Waals surface area contributed by atoms with Crippen molar-refractivity contribution in [1.82, 2.24) is 19.9 Å². The van der Waals surface area contributed by atoms with E-state index in [0.717, 1.165) is 23.9 Å². The van der Waals surface area contributed by atoms with Crippen LogP contribution in [0.3, 0.4) is 0 Å². The van der Waals surface area contributed by atoms with Crippen molar-refractivity contribution < 1.29 is 9.59 Å². The van der Waals surface area contributed by atoms with Gasteiger partial charge in [0.15, 0.2) is 0 Å². The first-order valence-electron chi connectivity index (χ1n) is 8.13. The van der Waals surface area contributed by atoms with E-state index in [1.54, 1.807) is 18.7 Å². The largest absolute Gasteiger partial charge is 0.369 e. The van der Waals surface area contributed by atoms with Crippen LogP contribution >= 0.6 is 0 Å². The number of aromatic nitrogens is 3. The lowest BCUT2D eigenvalue weighted by atomic mass is 9.87. The second-order valence-electron chi connectivity index (χ2n) is 6.81. The van der Waals surface area contributed by atoms with E-state index < -0.39 is 11.3 Å². The number of rotatable bonds is 4. The van der Waals surface area contributed by atoms with Gasteiger partial charge >= 0.3 is 0 Å². The average molecular weight is 328 g/mol. The van der Waals surface area contributed by atoms with E-state index >= 15 is 0 Å². The first kappa shape index (κ1) is 16.4. The standard InChI is InChI=1S/C17H22N5O2/c1-17(2,16(18)24)11-15(23)21-9-7-12(8-10-21)22-14-6-4-3-5-13(14)19-20-22/h3-6,11-12H,7-10H2,1-2H3,(H2,18,24). The molecule has 2 N–H and O–H groups in total. The maximum Gasteiger partial charge on any atom is 0.227 e. The fourth-order valence-electron chi connectivity index (χ4n) is 2.96. The molecule has 1 saturated heterocycles. The van der Waals surface area contributed by atoms with Crippen LogP contribution in [0.5, 0.6) is 0 Å². The van der Waals surface area contributed by atoms with Gasteiger partial charge in [-0.3, -0.25) is 9.59 Å². The van der Waals surface area contributed by atoms with Crippen LogP contribution in [0, 0.1) is 11.8 Å². The van der Waals surface area contributed by atoms with Crippen molar-refractivity contribution in [2.24, 2.45) is 11.1 Å². The number of hydrogen-bond donors (Lipinski definition) is 1. The molecule has 0 aliphatic carbocycles. The SMILES string of the molecule is CC(C)([CH]C(=O)N1CCC(n2nnc3ccccc32)CC1)C(N)=O. The van der Waals surface area contributed by atoms with Crippen LogP contribution in [0.15, 0.2) is 24.3 Å². The van der Waals surface area contributed by atoms with E-state index in [0.29, 0.717) is 13.1 Å². The maximum absolute atomic E-state index is 12.4. The summed E-state index contributed by atoms with van der Waals surface area (Å²) in [6, 6.07) is 8.10. The first-order chi connectivity index (χ1) is 11.4. The van der Waals surface area contributed by atoms with Crippen LogP contribution in [-0.2, 0) is 9.59 Å². The molecule has 1 aliphatic heterocycles. The predicted molar refractivity (Wildman–Crippen MR) is 89.7 cm³/mol. The van der Waals surface area contributed by atoms with Gasteiger partial charge in [0.25, 0.3) is 0 Å². The summed E-state index contributed by atoms with van der Waals surface area (Å²) in [6.45, 7) is 4.56. The number of hydrogen-bond acceptors (Lipinski definition) is 4. The number of primary amides is 1. The minimum Gasteiger partial charge on any atom is -0.369 e. The molecular weight excluding hydrogens is 306 g/mol. The monoisotopic (exact) mass is 328 g/mol. The number of carbonyl (C=O) groups excluding carboxylic acids is 2. The van der Waals surface area contributed by atoms with Gasteiger partial charge in [0.1, 0.15) is 5.52 Å². The van der Waals surface area contributed by atoms with Gasteiger partial charge in [-0.05, 0) is 25.0 Å². The van der Waals surface area contributed by atoms with Crippen molar-refractivity contribution in [2.75, 3.05) is 13.1 Å². The first-order valence-corrected chi connectivity index (χ1v) is 8.13. The molecule has 2 aromatic rings. The summed E-state index contributed by atoms with van der Waals surface area (Å²) in [7, 11) is 0. The quantitative estimate of drug-likeness (QED) is 0.915. The Morgan fingerprint density at radius 2 is 1.92 bits per heavy atom. The molecule has 1 radical (unpaired) electrons. The van der Waals surface area contributed by atoms with Gasteiger partial charge in [-0.2, -0.15) is 0 Å². The Hall–Kier alpha value is -2.44. The molecule has 3 rings (SSSR count). The predicted octanol–water partition coefficient (Wildman–Crippen LogP) is 1.31. The van der Waals surface area contributed by atoms with Crippen molar-refractivity contribution in [3.05, 3.63) is 30.7 Å². The minimum absolute atomic E-state index is 0.138. The zero-order valence-corrected chi connectivity index (χ0v) is 14.0. The van der Waals surface area contributed by atoms with Gasteiger partial charge in [-0.1, -0.05) is 31.2 Å². The van der Waals surface area contributed by atoms with Crippen molar-refractivity contribution in [1.29, 1.82) is 0 Å². The summed E-state index contributed by atoms with van der Waals surface area (Å²) in [4.78, 5) is 25.5.